The van der Waals surface area contributed by atoms with Crippen LogP contribution >= 0.6 is 7.82 Å². The third-order valence-corrected chi connectivity index (χ3v) is 10.3. The Labute approximate surface area is 298 Å². The zero-order chi connectivity index (χ0) is 35.8. The van der Waals surface area contributed by atoms with Crippen LogP contribution in [-0.4, -0.2) is 68.5 Å². The number of phosphoric acid groups is 1. The number of rotatable bonds is 37. The fourth-order valence-electron chi connectivity index (χ4n) is 6.02. The highest BCUT2D eigenvalue weighted by molar-refractivity contribution is 7.45. The average Bonchev–Trinajstić information content (AvgIpc) is 3.03. The molecule has 0 aliphatic carbocycles. The van der Waals surface area contributed by atoms with Crippen molar-refractivity contribution in [1.82, 2.24) is 5.32 Å². The molecule has 48 heavy (non-hydrogen) atoms. The lowest BCUT2D eigenvalue weighted by molar-refractivity contribution is -0.870. The Morgan fingerprint density at radius 1 is 0.646 bits per heavy atom. The van der Waals surface area contributed by atoms with Crippen molar-refractivity contribution in [2.75, 3.05) is 40.9 Å². The number of likely N-dealkylation sites (N-methyl/N-ethyl adjacent to an activating group) is 1. The van der Waals surface area contributed by atoms with E-state index in [1.54, 1.807) is 0 Å². The van der Waals surface area contributed by atoms with Crippen molar-refractivity contribution in [3.63, 3.8) is 0 Å². The Bertz CT molecular complexity index is 763. The molecule has 0 aromatic carbocycles. The molecule has 8 nitrogen and oxygen atoms in total. The molecular weight excluding hydrogens is 623 g/mol. The molecular formula is C39H81N2O6P. The van der Waals surface area contributed by atoms with Gasteiger partial charge in [-0.15, -0.1) is 0 Å². The standard InChI is InChI=1S/C39H81N2O6P/c1-6-8-10-11-12-13-14-15-16-17-18-19-20-21-22-23-24-25-26-27-28-29-30-31-32-38(42)37(40-39(43)33-9-7-2)36-47-48(44,45)46-35-34-41(3,4)5/h37-38,42H,6-36H2,1-5H3,(H-,40,43,44,45). The van der Waals surface area contributed by atoms with E-state index in [9.17, 15) is 19.4 Å². The summed E-state index contributed by atoms with van der Waals surface area (Å²) < 4.78 is 22.9. The molecule has 0 bridgehead atoms. The summed E-state index contributed by atoms with van der Waals surface area (Å²) in [6.45, 7) is 4.49. The lowest BCUT2D eigenvalue weighted by Crippen LogP contribution is -2.46. The second-order valence-electron chi connectivity index (χ2n) is 15.4. The summed E-state index contributed by atoms with van der Waals surface area (Å²) >= 11 is 0. The monoisotopic (exact) mass is 705 g/mol. The number of nitrogens with one attached hydrogen (secondary N) is 1. The zero-order valence-corrected chi connectivity index (χ0v) is 33.4. The quantitative estimate of drug-likeness (QED) is 0.0379. The number of aliphatic hydroxyl groups excluding tert-OH is 1. The van der Waals surface area contributed by atoms with Gasteiger partial charge in [0.2, 0.25) is 5.91 Å². The summed E-state index contributed by atoms with van der Waals surface area (Å²) in [5.41, 5.74) is 0. The van der Waals surface area contributed by atoms with Gasteiger partial charge in [0.05, 0.1) is 39.9 Å². The minimum absolute atomic E-state index is 0.0138. The third-order valence-electron chi connectivity index (χ3n) is 9.35. The van der Waals surface area contributed by atoms with E-state index >= 15 is 0 Å². The molecule has 2 N–H and O–H groups in total. The molecule has 0 aromatic rings. The van der Waals surface area contributed by atoms with E-state index in [1.165, 1.54) is 135 Å². The second-order valence-corrected chi connectivity index (χ2v) is 16.8. The summed E-state index contributed by atoms with van der Waals surface area (Å²) in [4.78, 5) is 24.6. The van der Waals surface area contributed by atoms with Crippen molar-refractivity contribution in [3.8, 4) is 0 Å². The number of unbranched alkanes of at least 4 members (excludes halogenated alkanes) is 24. The summed E-state index contributed by atoms with van der Waals surface area (Å²) in [5, 5.41) is 13.6. The maximum Gasteiger partial charge on any atom is 0.268 e. The van der Waals surface area contributed by atoms with Crippen LogP contribution in [0.3, 0.4) is 0 Å². The lowest BCUT2D eigenvalue weighted by atomic mass is 10.0. The number of carbonyl (C=O) groups is 1. The predicted octanol–water partition coefficient (Wildman–Crippen LogP) is 10.0. The van der Waals surface area contributed by atoms with E-state index in [0.29, 0.717) is 23.9 Å². The maximum absolute atomic E-state index is 12.3. The number of quaternary nitrogens is 1. The Balaban J connectivity index is 3.86. The van der Waals surface area contributed by atoms with Crippen LogP contribution in [0.15, 0.2) is 0 Å². The first-order valence-corrected chi connectivity index (χ1v) is 21.8. The lowest BCUT2D eigenvalue weighted by Gasteiger charge is -2.30. The minimum Gasteiger partial charge on any atom is -0.756 e. The van der Waals surface area contributed by atoms with E-state index in [-0.39, 0.29) is 19.1 Å². The number of hydrogen-bond donors (Lipinski definition) is 2. The zero-order valence-electron chi connectivity index (χ0n) is 32.5. The number of hydrogen-bond acceptors (Lipinski definition) is 6. The van der Waals surface area contributed by atoms with Crippen molar-refractivity contribution in [2.24, 2.45) is 0 Å². The Morgan fingerprint density at radius 2 is 1.02 bits per heavy atom. The predicted molar refractivity (Wildman–Crippen MR) is 201 cm³/mol. The van der Waals surface area contributed by atoms with E-state index in [1.807, 2.05) is 28.1 Å². The van der Waals surface area contributed by atoms with Gasteiger partial charge in [-0.25, -0.2) is 0 Å². The fraction of sp³-hybridized carbons (Fsp3) is 0.974. The maximum atomic E-state index is 12.3. The number of phosphoric ester groups is 1. The van der Waals surface area contributed by atoms with Crippen molar-refractivity contribution in [3.05, 3.63) is 0 Å². The molecule has 0 aliphatic rings. The van der Waals surface area contributed by atoms with Crippen molar-refractivity contribution >= 4 is 13.7 Å². The first-order chi connectivity index (χ1) is 23.0. The van der Waals surface area contributed by atoms with Gasteiger partial charge < -0.3 is 28.8 Å². The normalized spacial score (nSPS) is 14.6. The number of aliphatic hydroxyl groups is 1. The van der Waals surface area contributed by atoms with Gasteiger partial charge in [-0.1, -0.05) is 174 Å². The van der Waals surface area contributed by atoms with E-state index in [2.05, 4.69) is 12.2 Å². The van der Waals surface area contributed by atoms with E-state index in [0.717, 1.165) is 32.1 Å². The van der Waals surface area contributed by atoms with Gasteiger partial charge in [0.25, 0.3) is 7.82 Å². The molecule has 288 valence electrons. The highest BCUT2D eigenvalue weighted by Crippen LogP contribution is 2.38. The molecule has 0 radical (unpaired) electrons. The van der Waals surface area contributed by atoms with Crippen LogP contribution in [0, 0.1) is 0 Å². The number of amides is 1. The van der Waals surface area contributed by atoms with Crippen molar-refractivity contribution in [2.45, 2.75) is 206 Å². The van der Waals surface area contributed by atoms with Crippen LogP contribution in [0.4, 0.5) is 0 Å². The largest absolute Gasteiger partial charge is 0.756 e. The summed E-state index contributed by atoms with van der Waals surface area (Å²) in [5.74, 6) is -0.198. The summed E-state index contributed by atoms with van der Waals surface area (Å²) in [6.07, 6.45) is 33.7. The second kappa shape index (κ2) is 32.4. The van der Waals surface area contributed by atoms with Crippen molar-refractivity contribution < 1.29 is 32.9 Å². The third kappa shape index (κ3) is 34.0. The van der Waals surface area contributed by atoms with Crippen LogP contribution in [0.2, 0.25) is 0 Å². The van der Waals surface area contributed by atoms with Gasteiger partial charge in [0, 0.05) is 6.42 Å². The molecule has 0 spiro atoms. The van der Waals surface area contributed by atoms with Crippen LogP contribution in [-0.2, 0) is 18.4 Å². The first kappa shape index (κ1) is 47.5. The van der Waals surface area contributed by atoms with E-state index in [4.69, 9.17) is 9.05 Å². The molecule has 0 rings (SSSR count). The molecule has 0 fully saturated rings. The van der Waals surface area contributed by atoms with Gasteiger partial charge in [-0.05, 0) is 12.8 Å². The smallest absolute Gasteiger partial charge is 0.268 e. The molecule has 3 unspecified atom stereocenters. The minimum atomic E-state index is -4.53. The highest BCUT2D eigenvalue weighted by Gasteiger charge is 2.24. The molecule has 3 atom stereocenters. The molecule has 9 heteroatoms. The van der Waals surface area contributed by atoms with Gasteiger partial charge >= 0.3 is 0 Å². The number of carbonyl (C=O) groups excluding carboxylic acids is 1. The summed E-state index contributed by atoms with van der Waals surface area (Å²) in [7, 11) is 1.31. The molecule has 1 amide bonds. The van der Waals surface area contributed by atoms with Crippen LogP contribution in [0.25, 0.3) is 0 Å². The average molecular weight is 705 g/mol. The number of nitrogens with zero attached hydrogens (tertiary/aromatic N) is 1. The van der Waals surface area contributed by atoms with Crippen LogP contribution < -0.4 is 10.2 Å². The van der Waals surface area contributed by atoms with E-state index < -0.39 is 20.0 Å². The molecule has 0 aliphatic heterocycles. The first-order valence-electron chi connectivity index (χ1n) is 20.4. The molecule has 0 heterocycles. The van der Waals surface area contributed by atoms with Gasteiger partial charge in [0.15, 0.2) is 0 Å². The SMILES string of the molecule is CCCCCCCCCCCCCCCCCCCCCCCCCCC(O)C(COP(=O)([O-])OCC[N+](C)(C)C)NC(=O)CCCC. The van der Waals surface area contributed by atoms with Gasteiger partial charge in [0.1, 0.15) is 13.2 Å². The Kier molecular flexibility index (Phi) is 32.1. The molecule has 0 saturated carbocycles. The van der Waals surface area contributed by atoms with Crippen LogP contribution in [0.1, 0.15) is 194 Å². The summed E-state index contributed by atoms with van der Waals surface area (Å²) in [6, 6.07) is -0.789. The highest BCUT2D eigenvalue weighted by atomic mass is 31.2. The molecule has 0 saturated heterocycles. The Hall–Kier alpha value is -0.500. The van der Waals surface area contributed by atoms with Crippen molar-refractivity contribution in [1.29, 1.82) is 0 Å². The Morgan fingerprint density at radius 3 is 1.40 bits per heavy atom. The van der Waals surface area contributed by atoms with Gasteiger partial charge in [-0.2, -0.15) is 0 Å². The van der Waals surface area contributed by atoms with Crippen LogP contribution in [0.5, 0.6) is 0 Å². The molecule has 0 aromatic heterocycles. The topological polar surface area (TPSA) is 108 Å². The van der Waals surface area contributed by atoms with Gasteiger partial charge in [-0.3, -0.25) is 9.36 Å². The fourth-order valence-corrected chi connectivity index (χ4v) is 6.74.